The molecule has 0 atom stereocenters. The fourth-order valence-electron chi connectivity index (χ4n) is 2.59. The quantitative estimate of drug-likeness (QED) is 0.446. The van der Waals surface area contributed by atoms with Crippen LogP contribution in [-0.4, -0.2) is 10.7 Å². The minimum Gasteiger partial charge on any atom is -0.323 e. The third-order valence-electron chi connectivity index (χ3n) is 3.78. The lowest BCUT2D eigenvalue weighted by Crippen LogP contribution is -2.11. The first-order chi connectivity index (χ1) is 11.5. The number of pyridine rings is 1. The first kappa shape index (κ1) is 16.0. The Hall–Kier alpha value is -2.89. The van der Waals surface area contributed by atoms with E-state index in [2.05, 4.69) is 10.1 Å². The van der Waals surface area contributed by atoms with E-state index in [9.17, 15) is 13.2 Å². The van der Waals surface area contributed by atoms with E-state index < -0.39 is 11.7 Å². The monoisotopic (exact) mass is 329 g/mol. The molecule has 0 saturated heterocycles. The van der Waals surface area contributed by atoms with Crippen LogP contribution in [-0.2, 0) is 12.6 Å². The average Bonchev–Trinajstić information content (AvgIpc) is 2.59. The summed E-state index contributed by atoms with van der Waals surface area (Å²) in [5, 5.41) is 4.64. The number of aromatic nitrogens is 1. The van der Waals surface area contributed by atoms with Gasteiger partial charge in [0.05, 0.1) is 16.8 Å². The van der Waals surface area contributed by atoms with Crippen LogP contribution < -0.4 is 5.84 Å². The van der Waals surface area contributed by atoms with Crippen LogP contribution in [0.3, 0.4) is 0 Å². The van der Waals surface area contributed by atoms with Crippen LogP contribution in [0.15, 0.2) is 65.9 Å². The van der Waals surface area contributed by atoms with E-state index in [1.807, 2.05) is 30.3 Å². The molecule has 0 spiro atoms. The molecule has 1 heterocycles. The molecule has 2 N–H and O–H groups in total. The Morgan fingerprint density at radius 2 is 1.83 bits per heavy atom. The van der Waals surface area contributed by atoms with Crippen LogP contribution in [0.5, 0.6) is 0 Å². The maximum Gasteiger partial charge on any atom is 0.416 e. The van der Waals surface area contributed by atoms with Crippen molar-refractivity contribution in [3.8, 4) is 0 Å². The summed E-state index contributed by atoms with van der Waals surface area (Å²) in [4.78, 5) is 4.27. The van der Waals surface area contributed by atoms with Gasteiger partial charge in [-0.25, -0.2) is 0 Å². The van der Waals surface area contributed by atoms with Gasteiger partial charge >= 0.3 is 6.18 Å². The van der Waals surface area contributed by atoms with Gasteiger partial charge in [-0.1, -0.05) is 30.3 Å². The molecule has 0 aliphatic heterocycles. The Morgan fingerprint density at radius 1 is 1.04 bits per heavy atom. The SMILES string of the molecule is NN=C(Cc1ccnc2ccccc12)c1cccc(C(F)(F)F)c1. The Kier molecular flexibility index (Phi) is 4.20. The Morgan fingerprint density at radius 3 is 2.58 bits per heavy atom. The molecule has 3 nitrogen and oxygen atoms in total. The standard InChI is InChI=1S/C18H14F3N3/c19-18(20,21)14-5-3-4-13(10-14)17(24-22)11-12-8-9-23-16-7-2-1-6-15(12)16/h1-10H,11,22H2. The number of halogens is 3. The lowest BCUT2D eigenvalue weighted by molar-refractivity contribution is -0.137. The normalized spacial score (nSPS) is 12.5. The van der Waals surface area contributed by atoms with E-state index in [-0.39, 0.29) is 0 Å². The summed E-state index contributed by atoms with van der Waals surface area (Å²) >= 11 is 0. The smallest absolute Gasteiger partial charge is 0.323 e. The highest BCUT2D eigenvalue weighted by atomic mass is 19.4. The second kappa shape index (κ2) is 6.31. The summed E-state index contributed by atoms with van der Waals surface area (Å²) in [6.07, 6.45) is -2.42. The third kappa shape index (κ3) is 3.22. The van der Waals surface area contributed by atoms with Gasteiger partial charge in [-0.05, 0) is 35.4 Å². The van der Waals surface area contributed by atoms with Crippen molar-refractivity contribution in [2.24, 2.45) is 10.9 Å². The summed E-state index contributed by atoms with van der Waals surface area (Å²) in [6, 6.07) is 14.4. The fourth-order valence-corrected chi connectivity index (χ4v) is 2.59. The van der Waals surface area contributed by atoms with Crippen molar-refractivity contribution >= 4 is 16.6 Å². The van der Waals surface area contributed by atoms with Gasteiger partial charge in [0, 0.05) is 18.0 Å². The maximum atomic E-state index is 12.9. The zero-order valence-electron chi connectivity index (χ0n) is 12.6. The van der Waals surface area contributed by atoms with Gasteiger partial charge in [-0.2, -0.15) is 18.3 Å². The first-order valence-corrected chi connectivity index (χ1v) is 7.26. The van der Waals surface area contributed by atoms with Crippen LogP contribution in [0.1, 0.15) is 16.7 Å². The van der Waals surface area contributed by atoms with Gasteiger partial charge in [-0.15, -0.1) is 0 Å². The van der Waals surface area contributed by atoms with Crippen molar-refractivity contribution in [2.75, 3.05) is 0 Å². The number of nitrogens with two attached hydrogens (primary N) is 1. The number of rotatable bonds is 3. The van der Waals surface area contributed by atoms with Gasteiger partial charge in [0.25, 0.3) is 0 Å². The molecule has 0 aliphatic rings. The van der Waals surface area contributed by atoms with E-state index in [0.717, 1.165) is 28.6 Å². The number of hydrazone groups is 1. The van der Waals surface area contributed by atoms with Gasteiger partial charge in [0.2, 0.25) is 0 Å². The van der Waals surface area contributed by atoms with Crippen molar-refractivity contribution < 1.29 is 13.2 Å². The van der Waals surface area contributed by atoms with Gasteiger partial charge in [0.15, 0.2) is 0 Å². The van der Waals surface area contributed by atoms with Crippen LogP contribution in [0.2, 0.25) is 0 Å². The van der Waals surface area contributed by atoms with Gasteiger partial charge in [-0.3, -0.25) is 4.98 Å². The number of para-hydroxylation sites is 1. The molecule has 3 aromatic rings. The molecule has 0 bridgehead atoms. The zero-order valence-corrected chi connectivity index (χ0v) is 12.6. The Balaban J connectivity index is 1.99. The van der Waals surface area contributed by atoms with Gasteiger partial charge in [0.1, 0.15) is 0 Å². The molecular formula is C18H14F3N3. The lowest BCUT2D eigenvalue weighted by atomic mass is 9.98. The molecule has 0 fully saturated rings. The molecule has 0 radical (unpaired) electrons. The van der Waals surface area contributed by atoms with Crippen LogP contribution >= 0.6 is 0 Å². The summed E-state index contributed by atoms with van der Waals surface area (Å²) in [6.45, 7) is 0. The molecule has 0 saturated carbocycles. The summed E-state index contributed by atoms with van der Waals surface area (Å²) in [5.74, 6) is 5.45. The molecule has 0 unspecified atom stereocenters. The maximum absolute atomic E-state index is 12.9. The number of hydrogen-bond donors (Lipinski definition) is 1. The number of nitrogens with zero attached hydrogens (tertiary/aromatic N) is 2. The average molecular weight is 329 g/mol. The summed E-state index contributed by atoms with van der Waals surface area (Å²) in [5.41, 5.74) is 1.74. The number of alkyl halides is 3. The molecule has 24 heavy (non-hydrogen) atoms. The topological polar surface area (TPSA) is 51.3 Å². The van der Waals surface area contributed by atoms with Crippen molar-refractivity contribution in [3.05, 3.63) is 77.5 Å². The Bertz CT molecular complexity index is 896. The molecule has 6 heteroatoms. The summed E-state index contributed by atoms with van der Waals surface area (Å²) in [7, 11) is 0. The third-order valence-corrected chi connectivity index (χ3v) is 3.78. The number of benzene rings is 2. The van der Waals surface area contributed by atoms with Crippen LogP contribution in [0.4, 0.5) is 13.2 Å². The van der Waals surface area contributed by atoms with Crippen LogP contribution in [0.25, 0.3) is 10.9 Å². The van der Waals surface area contributed by atoms with Crippen molar-refractivity contribution in [2.45, 2.75) is 12.6 Å². The lowest BCUT2D eigenvalue weighted by Gasteiger charge is -2.11. The van der Waals surface area contributed by atoms with E-state index in [1.165, 1.54) is 6.07 Å². The predicted octanol–water partition coefficient (Wildman–Crippen LogP) is 4.16. The molecule has 0 aliphatic carbocycles. The molecular weight excluding hydrogens is 315 g/mol. The van der Waals surface area contributed by atoms with Crippen molar-refractivity contribution in [1.29, 1.82) is 0 Å². The minimum atomic E-state index is -4.40. The van der Waals surface area contributed by atoms with Crippen molar-refractivity contribution in [3.63, 3.8) is 0 Å². The first-order valence-electron chi connectivity index (χ1n) is 7.26. The predicted molar refractivity (Wildman–Crippen MR) is 87.6 cm³/mol. The van der Waals surface area contributed by atoms with E-state index in [4.69, 9.17) is 5.84 Å². The number of hydrogen-bond acceptors (Lipinski definition) is 3. The molecule has 0 amide bonds. The fraction of sp³-hybridized carbons (Fsp3) is 0.111. The molecule has 1 aromatic heterocycles. The largest absolute Gasteiger partial charge is 0.416 e. The zero-order chi connectivity index (χ0) is 17.2. The minimum absolute atomic E-state index is 0.320. The number of fused-ring (bicyclic) bond motifs is 1. The summed E-state index contributed by atoms with van der Waals surface area (Å²) < 4.78 is 38.7. The van der Waals surface area contributed by atoms with Gasteiger partial charge < -0.3 is 5.84 Å². The highest BCUT2D eigenvalue weighted by molar-refractivity contribution is 6.03. The van der Waals surface area contributed by atoms with E-state index in [1.54, 1.807) is 12.3 Å². The van der Waals surface area contributed by atoms with Crippen molar-refractivity contribution in [1.82, 2.24) is 4.98 Å². The highest BCUT2D eigenvalue weighted by Crippen LogP contribution is 2.30. The molecule has 3 rings (SSSR count). The van der Waals surface area contributed by atoms with E-state index >= 15 is 0 Å². The Labute approximate surface area is 136 Å². The highest BCUT2D eigenvalue weighted by Gasteiger charge is 2.30. The molecule has 122 valence electrons. The van der Waals surface area contributed by atoms with Crippen LogP contribution in [0, 0.1) is 0 Å². The van der Waals surface area contributed by atoms with E-state index in [0.29, 0.717) is 17.7 Å². The molecule has 2 aromatic carbocycles. The second-order valence-corrected chi connectivity index (χ2v) is 5.32. The second-order valence-electron chi connectivity index (χ2n) is 5.32.